The molecule has 0 atom stereocenters. The smallest absolute Gasteiger partial charge is 0.178 e. The molecule has 0 aromatic heterocycles. The van der Waals surface area contributed by atoms with E-state index in [0.717, 1.165) is 16.9 Å². The van der Waals surface area contributed by atoms with E-state index in [2.05, 4.69) is 6.07 Å². The fraction of sp³-hybridized carbons (Fsp3) is 0.364. The Morgan fingerprint density at radius 1 is 1.44 bits per heavy atom. The van der Waals surface area contributed by atoms with Crippen molar-refractivity contribution in [3.63, 3.8) is 0 Å². The molecule has 1 aliphatic rings. The van der Waals surface area contributed by atoms with E-state index < -0.39 is 9.84 Å². The molecular formula is C11H11NO2S2. The van der Waals surface area contributed by atoms with Crippen molar-refractivity contribution in [1.82, 2.24) is 0 Å². The van der Waals surface area contributed by atoms with Gasteiger partial charge in [-0.1, -0.05) is 0 Å². The van der Waals surface area contributed by atoms with E-state index >= 15 is 0 Å². The van der Waals surface area contributed by atoms with E-state index in [9.17, 15) is 8.42 Å². The fourth-order valence-electron chi connectivity index (χ4n) is 1.82. The van der Waals surface area contributed by atoms with Gasteiger partial charge in [0.15, 0.2) is 9.84 Å². The quantitative estimate of drug-likeness (QED) is 0.757. The molecule has 84 valence electrons. The van der Waals surface area contributed by atoms with Crippen molar-refractivity contribution >= 4 is 21.6 Å². The molecule has 0 saturated heterocycles. The number of aryl methyl sites for hydroxylation is 1. The Kier molecular flexibility index (Phi) is 3.22. The first-order valence-corrected chi connectivity index (χ1v) is 7.63. The maximum absolute atomic E-state index is 11.7. The van der Waals surface area contributed by atoms with Crippen LogP contribution in [0.5, 0.6) is 0 Å². The summed E-state index contributed by atoms with van der Waals surface area (Å²) in [6, 6.07) is 7.41. The van der Waals surface area contributed by atoms with Crippen molar-refractivity contribution in [2.45, 2.75) is 22.6 Å². The number of sulfone groups is 1. The van der Waals surface area contributed by atoms with Crippen molar-refractivity contribution in [2.24, 2.45) is 0 Å². The van der Waals surface area contributed by atoms with Gasteiger partial charge in [-0.15, -0.1) is 11.8 Å². The summed E-state index contributed by atoms with van der Waals surface area (Å²) in [5, 5.41) is 8.48. The lowest BCUT2D eigenvalue weighted by Crippen LogP contribution is -2.15. The SMILES string of the molecule is N#CCSc1ccc2c(c1)CCCS2(=O)=O. The van der Waals surface area contributed by atoms with Gasteiger partial charge in [-0.2, -0.15) is 5.26 Å². The van der Waals surface area contributed by atoms with Crippen LogP contribution in [0.1, 0.15) is 12.0 Å². The van der Waals surface area contributed by atoms with Crippen LogP contribution in [0.25, 0.3) is 0 Å². The van der Waals surface area contributed by atoms with Crippen LogP contribution in [0.4, 0.5) is 0 Å². The summed E-state index contributed by atoms with van der Waals surface area (Å²) in [4.78, 5) is 1.44. The second kappa shape index (κ2) is 4.48. The lowest BCUT2D eigenvalue weighted by molar-refractivity contribution is 0.586. The van der Waals surface area contributed by atoms with Crippen LogP contribution in [-0.2, 0) is 16.3 Å². The first kappa shape index (κ1) is 11.5. The van der Waals surface area contributed by atoms with Gasteiger partial charge in [-0.3, -0.25) is 0 Å². The van der Waals surface area contributed by atoms with E-state index in [4.69, 9.17) is 5.26 Å². The van der Waals surface area contributed by atoms with Gasteiger partial charge in [-0.25, -0.2) is 8.42 Å². The van der Waals surface area contributed by atoms with Crippen molar-refractivity contribution in [1.29, 1.82) is 5.26 Å². The van der Waals surface area contributed by atoms with Gasteiger partial charge >= 0.3 is 0 Å². The lowest BCUT2D eigenvalue weighted by Gasteiger charge is -2.16. The average Bonchev–Trinajstić information content (AvgIpc) is 2.25. The first-order chi connectivity index (χ1) is 7.63. The molecule has 0 amide bonds. The number of nitrogens with zero attached hydrogens (tertiary/aromatic N) is 1. The van der Waals surface area contributed by atoms with E-state index in [1.807, 2.05) is 6.07 Å². The molecule has 5 heteroatoms. The van der Waals surface area contributed by atoms with Crippen LogP contribution in [-0.4, -0.2) is 19.9 Å². The second-order valence-corrected chi connectivity index (χ2v) is 6.77. The monoisotopic (exact) mass is 253 g/mol. The molecule has 0 unspecified atom stereocenters. The molecule has 1 aliphatic heterocycles. The Bertz CT molecular complexity index is 544. The molecule has 0 N–H and O–H groups in total. The molecule has 0 bridgehead atoms. The molecule has 0 fully saturated rings. The van der Waals surface area contributed by atoms with E-state index in [0.29, 0.717) is 17.1 Å². The van der Waals surface area contributed by atoms with Crippen molar-refractivity contribution in [2.75, 3.05) is 11.5 Å². The summed E-state index contributed by atoms with van der Waals surface area (Å²) in [6.45, 7) is 0. The minimum Gasteiger partial charge on any atom is -0.224 e. The van der Waals surface area contributed by atoms with Crippen LogP contribution in [0.15, 0.2) is 28.0 Å². The number of hydrogen-bond donors (Lipinski definition) is 0. The lowest BCUT2D eigenvalue weighted by atomic mass is 10.1. The van der Waals surface area contributed by atoms with Gasteiger partial charge in [0, 0.05) is 4.90 Å². The number of hydrogen-bond acceptors (Lipinski definition) is 4. The highest BCUT2D eigenvalue weighted by atomic mass is 32.2. The number of thioether (sulfide) groups is 1. The third kappa shape index (κ3) is 2.23. The summed E-state index contributed by atoms with van der Waals surface area (Å²) >= 11 is 1.44. The minimum atomic E-state index is -3.05. The third-order valence-corrected chi connectivity index (χ3v) is 5.28. The minimum absolute atomic E-state index is 0.255. The number of benzene rings is 1. The van der Waals surface area contributed by atoms with Crippen LogP contribution in [0, 0.1) is 11.3 Å². The van der Waals surface area contributed by atoms with Crippen molar-refractivity contribution in [3.05, 3.63) is 23.8 Å². The van der Waals surface area contributed by atoms with E-state index in [1.54, 1.807) is 12.1 Å². The van der Waals surface area contributed by atoms with Crippen LogP contribution < -0.4 is 0 Å². The van der Waals surface area contributed by atoms with Gasteiger partial charge in [0.2, 0.25) is 0 Å². The molecule has 0 radical (unpaired) electrons. The number of nitriles is 1. The van der Waals surface area contributed by atoms with Crippen molar-refractivity contribution in [3.8, 4) is 6.07 Å². The predicted molar refractivity (Wildman–Crippen MR) is 63.2 cm³/mol. The zero-order valence-electron chi connectivity index (χ0n) is 8.64. The van der Waals surface area contributed by atoms with Crippen LogP contribution >= 0.6 is 11.8 Å². The Morgan fingerprint density at radius 3 is 3.00 bits per heavy atom. The summed E-state index contributed by atoms with van der Waals surface area (Å²) in [5.74, 6) is 0.649. The summed E-state index contributed by atoms with van der Waals surface area (Å²) in [5.41, 5.74) is 0.897. The second-order valence-electron chi connectivity index (χ2n) is 3.64. The molecule has 2 rings (SSSR count). The van der Waals surface area contributed by atoms with Crippen LogP contribution in [0.3, 0.4) is 0 Å². The zero-order valence-corrected chi connectivity index (χ0v) is 10.3. The molecular weight excluding hydrogens is 242 g/mol. The third-order valence-electron chi connectivity index (χ3n) is 2.53. The Balaban J connectivity index is 2.37. The van der Waals surface area contributed by atoms with E-state index in [-0.39, 0.29) is 5.75 Å². The molecule has 1 heterocycles. The Hall–Kier alpha value is -0.990. The highest BCUT2D eigenvalue weighted by Gasteiger charge is 2.23. The van der Waals surface area contributed by atoms with E-state index in [1.165, 1.54) is 11.8 Å². The molecule has 3 nitrogen and oxygen atoms in total. The molecule has 0 aliphatic carbocycles. The largest absolute Gasteiger partial charge is 0.224 e. The summed E-state index contributed by atoms with van der Waals surface area (Å²) in [7, 11) is -3.05. The Morgan fingerprint density at radius 2 is 2.25 bits per heavy atom. The van der Waals surface area contributed by atoms with Gasteiger partial charge in [-0.05, 0) is 36.6 Å². The maximum Gasteiger partial charge on any atom is 0.178 e. The van der Waals surface area contributed by atoms with Gasteiger partial charge < -0.3 is 0 Å². The number of fused-ring (bicyclic) bond motifs is 1. The predicted octanol–water partition coefficient (Wildman–Crippen LogP) is 2.02. The molecule has 16 heavy (non-hydrogen) atoms. The normalized spacial score (nSPS) is 17.4. The molecule has 0 spiro atoms. The highest BCUT2D eigenvalue weighted by molar-refractivity contribution is 7.99. The first-order valence-electron chi connectivity index (χ1n) is 4.99. The maximum atomic E-state index is 11.7. The topological polar surface area (TPSA) is 57.9 Å². The van der Waals surface area contributed by atoms with Crippen LogP contribution in [0.2, 0.25) is 0 Å². The zero-order chi connectivity index (χ0) is 11.6. The van der Waals surface area contributed by atoms with Gasteiger partial charge in [0.05, 0.1) is 22.5 Å². The van der Waals surface area contributed by atoms with Crippen molar-refractivity contribution < 1.29 is 8.42 Å². The van der Waals surface area contributed by atoms with Gasteiger partial charge in [0.1, 0.15) is 0 Å². The molecule has 0 saturated carbocycles. The highest BCUT2D eigenvalue weighted by Crippen LogP contribution is 2.29. The average molecular weight is 253 g/mol. The standard InChI is InChI=1S/C11H11NO2S2/c12-5-6-15-10-3-4-11-9(8-10)2-1-7-16(11,13)14/h3-4,8H,1-2,6-7H2. The molecule has 1 aromatic carbocycles. The summed E-state index contributed by atoms with van der Waals surface area (Å²) < 4.78 is 23.5. The summed E-state index contributed by atoms with van der Waals surface area (Å²) in [6.07, 6.45) is 1.51. The fourth-order valence-corrected chi connectivity index (χ4v) is 4.02. The molecule has 1 aromatic rings. The van der Waals surface area contributed by atoms with Gasteiger partial charge in [0.25, 0.3) is 0 Å². The Labute approximate surface area is 99.4 Å². The number of rotatable bonds is 2.